The molecule has 1 aliphatic rings. The highest BCUT2D eigenvalue weighted by Gasteiger charge is 2.27. The second-order valence-electron chi connectivity index (χ2n) is 4.60. The summed E-state index contributed by atoms with van der Waals surface area (Å²) in [6, 6.07) is 5.25. The molecule has 0 aromatic heterocycles. The summed E-state index contributed by atoms with van der Waals surface area (Å²) in [5.41, 5.74) is 7.17. The van der Waals surface area contributed by atoms with Crippen LogP contribution < -0.4 is 10.6 Å². The predicted octanol–water partition coefficient (Wildman–Crippen LogP) is 1.90. The van der Waals surface area contributed by atoms with Gasteiger partial charge in [-0.2, -0.15) is 0 Å². The van der Waals surface area contributed by atoms with Crippen LogP contribution in [0.1, 0.15) is 19.4 Å². The quantitative estimate of drug-likeness (QED) is 0.855. The van der Waals surface area contributed by atoms with Crippen LogP contribution in [0, 0.1) is 5.82 Å². The van der Waals surface area contributed by atoms with Gasteiger partial charge in [-0.25, -0.2) is 4.39 Å². The summed E-state index contributed by atoms with van der Waals surface area (Å²) < 4.78 is 19.5. The van der Waals surface area contributed by atoms with Crippen LogP contribution in [0.25, 0.3) is 0 Å². The molecule has 1 aliphatic heterocycles. The van der Waals surface area contributed by atoms with Crippen molar-refractivity contribution in [3.63, 3.8) is 0 Å². The fourth-order valence-corrected chi connectivity index (χ4v) is 2.26. The van der Waals surface area contributed by atoms with Crippen LogP contribution in [0.15, 0.2) is 18.2 Å². The molecule has 2 unspecified atom stereocenters. The van der Waals surface area contributed by atoms with Gasteiger partial charge in [0.25, 0.3) is 0 Å². The van der Waals surface area contributed by atoms with Gasteiger partial charge in [-0.05, 0) is 25.5 Å². The Labute approximate surface area is 101 Å². The summed E-state index contributed by atoms with van der Waals surface area (Å²) in [5, 5.41) is 0. The molecule has 1 fully saturated rings. The van der Waals surface area contributed by atoms with E-state index in [0.717, 1.165) is 5.56 Å². The molecule has 94 valence electrons. The van der Waals surface area contributed by atoms with Gasteiger partial charge in [-0.1, -0.05) is 12.1 Å². The van der Waals surface area contributed by atoms with Crippen LogP contribution in [0.5, 0.6) is 0 Å². The van der Waals surface area contributed by atoms with E-state index in [-0.39, 0.29) is 18.0 Å². The molecule has 4 heteroatoms. The number of para-hydroxylation sites is 1. The number of rotatable bonds is 2. The Morgan fingerprint density at radius 3 is 2.94 bits per heavy atom. The van der Waals surface area contributed by atoms with Crippen molar-refractivity contribution in [1.82, 2.24) is 0 Å². The van der Waals surface area contributed by atoms with Crippen LogP contribution in [-0.2, 0) is 11.3 Å². The summed E-state index contributed by atoms with van der Waals surface area (Å²) in [6.07, 6.45) is 0.122. The van der Waals surface area contributed by atoms with Gasteiger partial charge in [0.05, 0.1) is 18.4 Å². The molecule has 2 atom stereocenters. The van der Waals surface area contributed by atoms with Gasteiger partial charge in [0, 0.05) is 19.1 Å². The minimum Gasteiger partial charge on any atom is -0.375 e. The molecule has 2 N–H and O–H groups in total. The zero-order valence-electron chi connectivity index (χ0n) is 10.3. The van der Waals surface area contributed by atoms with Crippen molar-refractivity contribution in [2.24, 2.45) is 5.73 Å². The molecule has 2 rings (SSSR count). The molecule has 0 saturated carbocycles. The van der Waals surface area contributed by atoms with Crippen LogP contribution in [-0.4, -0.2) is 25.3 Å². The highest BCUT2D eigenvalue weighted by Crippen LogP contribution is 2.28. The second kappa shape index (κ2) is 5.02. The number of hydrogen-bond acceptors (Lipinski definition) is 3. The lowest BCUT2D eigenvalue weighted by molar-refractivity contribution is 0.0340. The Morgan fingerprint density at radius 1 is 1.47 bits per heavy atom. The van der Waals surface area contributed by atoms with Crippen molar-refractivity contribution < 1.29 is 9.13 Å². The monoisotopic (exact) mass is 238 g/mol. The highest BCUT2D eigenvalue weighted by molar-refractivity contribution is 5.56. The molecular weight excluding hydrogens is 219 g/mol. The normalized spacial score (nSPS) is 25.1. The van der Waals surface area contributed by atoms with Crippen LogP contribution in [0.4, 0.5) is 10.1 Å². The molecule has 1 aromatic carbocycles. The molecule has 0 spiro atoms. The molecule has 17 heavy (non-hydrogen) atoms. The van der Waals surface area contributed by atoms with Gasteiger partial charge in [-0.3, -0.25) is 0 Å². The van der Waals surface area contributed by atoms with Crippen LogP contribution in [0.2, 0.25) is 0 Å². The standard InChI is InChI=1S/C13H19FN2O/c1-9-8-17-10(2)7-16(9)13-11(6-15)4-3-5-12(13)14/h3-5,9-10H,6-8,15H2,1-2H3. The lowest BCUT2D eigenvalue weighted by Crippen LogP contribution is -2.48. The Balaban J connectivity index is 2.37. The maximum Gasteiger partial charge on any atom is 0.146 e. The number of halogens is 1. The number of ether oxygens (including phenoxy) is 1. The largest absolute Gasteiger partial charge is 0.375 e. The summed E-state index contributed by atoms with van der Waals surface area (Å²) in [4.78, 5) is 2.06. The number of anilines is 1. The summed E-state index contributed by atoms with van der Waals surface area (Å²) in [5.74, 6) is -0.200. The number of nitrogens with zero attached hydrogens (tertiary/aromatic N) is 1. The maximum atomic E-state index is 14.0. The third-order valence-electron chi connectivity index (χ3n) is 3.19. The van der Waals surface area contributed by atoms with E-state index < -0.39 is 0 Å². The summed E-state index contributed by atoms with van der Waals surface area (Å²) in [6.45, 7) is 5.72. The van der Waals surface area contributed by atoms with Crippen LogP contribution in [0.3, 0.4) is 0 Å². The van der Waals surface area contributed by atoms with E-state index in [0.29, 0.717) is 25.4 Å². The minimum atomic E-state index is -0.200. The van der Waals surface area contributed by atoms with Crippen LogP contribution >= 0.6 is 0 Å². The average molecular weight is 238 g/mol. The Bertz CT molecular complexity index is 397. The number of benzene rings is 1. The van der Waals surface area contributed by atoms with E-state index in [9.17, 15) is 4.39 Å². The molecule has 0 radical (unpaired) electrons. The van der Waals surface area contributed by atoms with E-state index in [2.05, 4.69) is 4.90 Å². The van der Waals surface area contributed by atoms with E-state index in [1.165, 1.54) is 6.07 Å². The van der Waals surface area contributed by atoms with Crippen molar-refractivity contribution in [3.05, 3.63) is 29.6 Å². The van der Waals surface area contributed by atoms with E-state index >= 15 is 0 Å². The zero-order chi connectivity index (χ0) is 12.4. The number of hydrogen-bond donors (Lipinski definition) is 1. The second-order valence-corrected chi connectivity index (χ2v) is 4.60. The fourth-order valence-electron chi connectivity index (χ4n) is 2.26. The summed E-state index contributed by atoms with van der Waals surface area (Å²) >= 11 is 0. The first kappa shape index (κ1) is 12.3. The Kier molecular flexibility index (Phi) is 3.64. The smallest absolute Gasteiger partial charge is 0.146 e. The molecule has 0 bridgehead atoms. The van der Waals surface area contributed by atoms with Crippen molar-refractivity contribution in [2.45, 2.75) is 32.5 Å². The minimum absolute atomic E-state index is 0.122. The molecule has 1 aromatic rings. The SMILES string of the molecule is CC1CN(c2c(F)cccc2CN)C(C)CO1. The van der Waals surface area contributed by atoms with Gasteiger partial charge >= 0.3 is 0 Å². The van der Waals surface area contributed by atoms with E-state index in [1.807, 2.05) is 19.9 Å². The zero-order valence-corrected chi connectivity index (χ0v) is 10.3. The van der Waals surface area contributed by atoms with Gasteiger partial charge in [0.15, 0.2) is 0 Å². The molecule has 1 saturated heterocycles. The fraction of sp³-hybridized carbons (Fsp3) is 0.538. The van der Waals surface area contributed by atoms with Crippen molar-refractivity contribution >= 4 is 5.69 Å². The maximum absolute atomic E-state index is 14.0. The lowest BCUT2D eigenvalue weighted by Gasteiger charge is -2.39. The van der Waals surface area contributed by atoms with Crippen molar-refractivity contribution in [2.75, 3.05) is 18.1 Å². The third-order valence-corrected chi connectivity index (χ3v) is 3.19. The van der Waals surface area contributed by atoms with E-state index in [1.54, 1.807) is 6.07 Å². The number of nitrogens with two attached hydrogens (primary N) is 1. The topological polar surface area (TPSA) is 38.5 Å². The van der Waals surface area contributed by atoms with Gasteiger partial charge in [0.2, 0.25) is 0 Å². The Morgan fingerprint density at radius 2 is 2.24 bits per heavy atom. The first-order chi connectivity index (χ1) is 8.13. The van der Waals surface area contributed by atoms with Gasteiger partial charge in [0.1, 0.15) is 5.82 Å². The molecule has 0 amide bonds. The molecule has 1 heterocycles. The van der Waals surface area contributed by atoms with Crippen molar-refractivity contribution in [3.8, 4) is 0 Å². The third kappa shape index (κ3) is 2.42. The first-order valence-electron chi connectivity index (χ1n) is 5.99. The average Bonchev–Trinajstić information content (AvgIpc) is 2.32. The van der Waals surface area contributed by atoms with Gasteiger partial charge < -0.3 is 15.4 Å². The van der Waals surface area contributed by atoms with Crippen molar-refractivity contribution in [1.29, 1.82) is 0 Å². The first-order valence-corrected chi connectivity index (χ1v) is 5.99. The molecule has 0 aliphatic carbocycles. The molecule has 3 nitrogen and oxygen atoms in total. The lowest BCUT2D eigenvalue weighted by atomic mass is 10.1. The van der Waals surface area contributed by atoms with E-state index in [4.69, 9.17) is 10.5 Å². The predicted molar refractivity (Wildman–Crippen MR) is 66.5 cm³/mol. The molecular formula is C13H19FN2O. The Hall–Kier alpha value is -1.13. The number of morpholine rings is 1. The van der Waals surface area contributed by atoms with Gasteiger partial charge in [-0.15, -0.1) is 0 Å². The summed E-state index contributed by atoms with van der Waals surface area (Å²) in [7, 11) is 0. The highest BCUT2D eigenvalue weighted by atomic mass is 19.1.